The molecule has 0 saturated heterocycles. The molecule has 4 aliphatic carbocycles. The summed E-state index contributed by atoms with van der Waals surface area (Å²) in [6.45, 7) is 10.5. The van der Waals surface area contributed by atoms with E-state index in [2.05, 4.69) is 25.7 Å². The summed E-state index contributed by atoms with van der Waals surface area (Å²) in [5.74, 6) is 1.73. The zero-order valence-electron chi connectivity index (χ0n) is 17.4. The van der Waals surface area contributed by atoms with Gasteiger partial charge in [0, 0.05) is 18.5 Å². The summed E-state index contributed by atoms with van der Waals surface area (Å²) in [4.78, 5) is 24.3. The Bertz CT molecular complexity index is 580. The van der Waals surface area contributed by atoms with Crippen molar-refractivity contribution >= 4 is 11.9 Å². The van der Waals surface area contributed by atoms with Crippen LogP contribution in [-0.2, 0) is 14.3 Å². The fraction of sp³-hybridized carbons (Fsp3) is 0.826. The smallest absolute Gasteiger partial charge is 0.306 e. The van der Waals surface area contributed by atoms with Gasteiger partial charge in [-0.1, -0.05) is 26.8 Å². The van der Waals surface area contributed by atoms with Gasteiger partial charge in [0.05, 0.1) is 0 Å². The summed E-state index contributed by atoms with van der Waals surface area (Å²) in [6, 6.07) is 0. The number of esters is 1. The van der Waals surface area contributed by atoms with Crippen LogP contribution in [0.5, 0.6) is 0 Å². The van der Waals surface area contributed by atoms with E-state index in [1.807, 2.05) is 0 Å². The second-order valence-electron chi connectivity index (χ2n) is 9.83. The number of carbonyl (C=O) groups is 2. The summed E-state index contributed by atoms with van der Waals surface area (Å²) >= 11 is 0. The lowest BCUT2D eigenvalue weighted by molar-refractivity contribution is -0.226. The Hall–Kier alpha value is -1.32. The van der Waals surface area contributed by atoms with Crippen LogP contribution in [0, 0.1) is 23.2 Å². The molecule has 4 bridgehead atoms. The molecule has 2 atom stereocenters. The SMILES string of the molecule is C=C(C)C(=O)NCCCC(=O)OC1(CCCC)C2CC3CC1CC(C)(C3)C2. The van der Waals surface area contributed by atoms with Crippen LogP contribution in [-0.4, -0.2) is 24.0 Å². The molecular weight excluding hydrogens is 338 g/mol. The Balaban J connectivity index is 1.60. The average molecular weight is 376 g/mol. The lowest BCUT2D eigenvalue weighted by atomic mass is 9.44. The Morgan fingerprint density at radius 2 is 1.81 bits per heavy atom. The van der Waals surface area contributed by atoms with E-state index in [0.717, 1.165) is 25.2 Å². The Labute approximate surface area is 164 Å². The summed E-state index contributed by atoms with van der Waals surface area (Å²) in [5, 5.41) is 2.80. The Morgan fingerprint density at radius 1 is 1.15 bits per heavy atom. The summed E-state index contributed by atoms with van der Waals surface area (Å²) in [5.41, 5.74) is 0.758. The number of ether oxygens (including phenoxy) is 1. The van der Waals surface area contributed by atoms with Crippen molar-refractivity contribution in [2.24, 2.45) is 23.2 Å². The number of amides is 1. The topological polar surface area (TPSA) is 55.4 Å². The maximum absolute atomic E-state index is 12.7. The average Bonchev–Trinajstić information content (AvgIpc) is 2.59. The fourth-order valence-electron chi connectivity index (χ4n) is 6.38. The minimum Gasteiger partial charge on any atom is -0.458 e. The molecule has 0 aromatic heterocycles. The molecule has 27 heavy (non-hydrogen) atoms. The van der Waals surface area contributed by atoms with Gasteiger partial charge in [0.2, 0.25) is 5.91 Å². The van der Waals surface area contributed by atoms with Crippen LogP contribution < -0.4 is 5.32 Å². The monoisotopic (exact) mass is 375 g/mol. The first-order valence-electron chi connectivity index (χ1n) is 10.9. The highest BCUT2D eigenvalue weighted by Gasteiger charge is 2.62. The van der Waals surface area contributed by atoms with Crippen LogP contribution in [0.1, 0.15) is 85.0 Å². The van der Waals surface area contributed by atoms with Crippen molar-refractivity contribution in [3.63, 3.8) is 0 Å². The first kappa shape index (κ1) is 20.4. The normalized spacial score (nSPS) is 36.5. The first-order chi connectivity index (χ1) is 12.8. The summed E-state index contributed by atoms with van der Waals surface area (Å²) in [7, 11) is 0. The third kappa shape index (κ3) is 4.25. The van der Waals surface area contributed by atoms with Crippen LogP contribution in [0.25, 0.3) is 0 Å². The van der Waals surface area contributed by atoms with Crippen molar-refractivity contribution in [3.05, 3.63) is 12.2 Å². The van der Waals surface area contributed by atoms with E-state index in [0.29, 0.717) is 42.2 Å². The Kier molecular flexibility index (Phi) is 6.02. The third-order valence-corrected chi connectivity index (χ3v) is 7.33. The van der Waals surface area contributed by atoms with Gasteiger partial charge in [0.15, 0.2) is 0 Å². The number of rotatable bonds is 9. The summed E-state index contributed by atoms with van der Waals surface area (Å²) < 4.78 is 6.35. The lowest BCUT2D eigenvalue weighted by Crippen LogP contribution is -2.62. The number of nitrogens with one attached hydrogen (secondary N) is 1. The molecule has 0 aromatic rings. The van der Waals surface area contributed by atoms with Gasteiger partial charge in [0.1, 0.15) is 5.60 Å². The van der Waals surface area contributed by atoms with Gasteiger partial charge in [-0.3, -0.25) is 9.59 Å². The number of unbranched alkanes of at least 4 members (excludes halogenated alkanes) is 1. The molecular formula is C23H37NO3. The highest BCUT2D eigenvalue weighted by Crippen LogP contribution is 2.65. The van der Waals surface area contributed by atoms with Gasteiger partial charge in [-0.2, -0.15) is 0 Å². The molecule has 1 amide bonds. The molecule has 4 rings (SSSR count). The van der Waals surface area contributed by atoms with Gasteiger partial charge in [0.25, 0.3) is 0 Å². The van der Waals surface area contributed by atoms with Crippen molar-refractivity contribution in [2.75, 3.05) is 6.54 Å². The zero-order valence-corrected chi connectivity index (χ0v) is 17.4. The number of hydrogen-bond acceptors (Lipinski definition) is 3. The van der Waals surface area contributed by atoms with Crippen molar-refractivity contribution in [1.82, 2.24) is 5.32 Å². The minimum absolute atomic E-state index is 0.0756. The molecule has 2 unspecified atom stereocenters. The molecule has 4 saturated carbocycles. The van der Waals surface area contributed by atoms with E-state index in [4.69, 9.17) is 4.74 Å². The highest BCUT2D eigenvalue weighted by molar-refractivity contribution is 5.92. The molecule has 152 valence electrons. The molecule has 0 radical (unpaired) electrons. The predicted molar refractivity (Wildman–Crippen MR) is 107 cm³/mol. The van der Waals surface area contributed by atoms with Gasteiger partial charge < -0.3 is 10.1 Å². The molecule has 4 nitrogen and oxygen atoms in total. The molecule has 1 N–H and O–H groups in total. The van der Waals surface area contributed by atoms with Gasteiger partial charge >= 0.3 is 5.97 Å². The molecule has 4 heteroatoms. The molecule has 0 aliphatic heterocycles. The fourth-order valence-corrected chi connectivity index (χ4v) is 6.38. The van der Waals surface area contributed by atoms with Crippen molar-refractivity contribution in [2.45, 2.75) is 90.6 Å². The standard InChI is InChI=1S/C23H37NO3/c1-5-6-9-23(27-20(25)8-7-10-24-21(26)16(2)3)18-11-17-12-19(23)15-22(4,13-17)14-18/h17-19H,2,5-15H2,1,3-4H3,(H,24,26). The van der Waals surface area contributed by atoms with Crippen LogP contribution in [0.2, 0.25) is 0 Å². The van der Waals surface area contributed by atoms with Gasteiger partial charge in [-0.05, 0) is 81.5 Å². The number of carbonyl (C=O) groups excluding carboxylic acids is 2. The minimum atomic E-state index is -0.218. The predicted octanol–water partition coefficient (Wildman–Crippen LogP) is 4.78. The largest absolute Gasteiger partial charge is 0.458 e. The van der Waals surface area contributed by atoms with Crippen LogP contribution in [0.3, 0.4) is 0 Å². The summed E-state index contributed by atoms with van der Waals surface area (Å²) in [6.07, 6.45) is 10.6. The van der Waals surface area contributed by atoms with E-state index in [1.165, 1.54) is 32.1 Å². The van der Waals surface area contributed by atoms with E-state index < -0.39 is 0 Å². The zero-order chi connectivity index (χ0) is 19.7. The molecule has 4 fully saturated rings. The lowest BCUT2D eigenvalue weighted by Gasteiger charge is -2.64. The van der Waals surface area contributed by atoms with E-state index >= 15 is 0 Å². The van der Waals surface area contributed by atoms with Crippen LogP contribution in [0.4, 0.5) is 0 Å². The maximum Gasteiger partial charge on any atom is 0.306 e. The number of hydrogen-bond donors (Lipinski definition) is 1. The maximum atomic E-state index is 12.7. The van der Waals surface area contributed by atoms with Crippen LogP contribution in [0.15, 0.2) is 12.2 Å². The van der Waals surface area contributed by atoms with Gasteiger partial charge in [-0.25, -0.2) is 0 Å². The molecule has 0 spiro atoms. The Morgan fingerprint density at radius 3 is 2.37 bits per heavy atom. The van der Waals surface area contributed by atoms with Crippen LogP contribution >= 0.6 is 0 Å². The molecule has 4 aliphatic rings. The second-order valence-corrected chi connectivity index (χ2v) is 9.83. The third-order valence-electron chi connectivity index (χ3n) is 7.33. The van der Waals surface area contributed by atoms with Crippen molar-refractivity contribution in [1.29, 1.82) is 0 Å². The second kappa shape index (κ2) is 7.97. The van der Waals surface area contributed by atoms with Crippen molar-refractivity contribution in [3.8, 4) is 0 Å². The van der Waals surface area contributed by atoms with E-state index in [-0.39, 0.29) is 17.5 Å². The van der Waals surface area contributed by atoms with Gasteiger partial charge in [-0.15, -0.1) is 0 Å². The van der Waals surface area contributed by atoms with E-state index in [9.17, 15) is 9.59 Å². The molecule has 0 aromatic carbocycles. The van der Waals surface area contributed by atoms with E-state index in [1.54, 1.807) is 6.92 Å². The molecule has 0 heterocycles. The first-order valence-corrected chi connectivity index (χ1v) is 10.9. The quantitative estimate of drug-likeness (QED) is 0.358. The van der Waals surface area contributed by atoms with Crippen molar-refractivity contribution < 1.29 is 14.3 Å². The highest BCUT2D eigenvalue weighted by atomic mass is 16.6.